The smallest absolute Gasteiger partial charge is 0.333 e. The van der Waals surface area contributed by atoms with Crippen molar-refractivity contribution in [1.82, 2.24) is 20.1 Å². The van der Waals surface area contributed by atoms with Crippen molar-refractivity contribution in [2.75, 3.05) is 39.9 Å². The second kappa shape index (κ2) is 13.3. The van der Waals surface area contributed by atoms with Crippen LogP contribution < -0.4 is 30.0 Å². The molecule has 3 aromatic carbocycles. The fraction of sp³-hybridized carbons (Fsp3) is 0.465. The third-order valence-corrected chi connectivity index (χ3v) is 14.9. The summed E-state index contributed by atoms with van der Waals surface area (Å²) in [4.78, 5) is 36.2. The van der Waals surface area contributed by atoms with E-state index in [4.69, 9.17) is 29.4 Å². The average Bonchev–Trinajstić information content (AvgIpc) is 3.83. The molecule has 4 bridgehead atoms. The predicted molar refractivity (Wildman–Crippen MR) is 214 cm³/mol. The highest BCUT2D eigenvalue weighted by molar-refractivity contribution is 7.99. The summed E-state index contributed by atoms with van der Waals surface area (Å²) < 4.78 is 30.9. The number of benzene rings is 3. The van der Waals surface area contributed by atoms with E-state index in [0.29, 0.717) is 52.5 Å². The molecule has 58 heavy (non-hydrogen) atoms. The Kier molecular flexibility index (Phi) is 8.53. The maximum atomic E-state index is 15.1. The van der Waals surface area contributed by atoms with E-state index >= 15 is 4.79 Å². The summed E-state index contributed by atoms with van der Waals surface area (Å²) in [6.45, 7) is 7.28. The van der Waals surface area contributed by atoms with Gasteiger partial charge in [0.2, 0.25) is 6.79 Å². The molecule has 1 aromatic heterocycles. The number of esters is 2. The number of rotatable bonds is 3. The third kappa shape index (κ3) is 4.99. The van der Waals surface area contributed by atoms with Crippen LogP contribution in [-0.2, 0) is 32.7 Å². The molecule has 8 heterocycles. The number of piperazine rings is 1. The molecule has 0 saturated carbocycles. The highest BCUT2D eigenvalue weighted by Crippen LogP contribution is 2.64. The van der Waals surface area contributed by atoms with Crippen molar-refractivity contribution in [3.8, 4) is 34.8 Å². The maximum Gasteiger partial charge on any atom is 0.333 e. The number of phenols is 1. The van der Waals surface area contributed by atoms with E-state index in [-0.39, 0.29) is 43.5 Å². The molecule has 2 saturated heterocycles. The van der Waals surface area contributed by atoms with Crippen molar-refractivity contribution in [3.63, 3.8) is 0 Å². The summed E-state index contributed by atoms with van der Waals surface area (Å²) in [5.41, 5.74) is 13.3. The number of nitrogens with two attached hydrogens (primary N) is 1. The van der Waals surface area contributed by atoms with Gasteiger partial charge in [0, 0.05) is 70.5 Å². The Bertz CT molecular complexity index is 2500. The van der Waals surface area contributed by atoms with E-state index in [1.54, 1.807) is 7.11 Å². The number of fused-ring (bicyclic) bond motifs is 11. The molecule has 0 amide bonds. The molecular weight excluding hydrogens is 761 g/mol. The lowest BCUT2D eigenvalue weighted by molar-refractivity contribution is -0.158. The van der Waals surface area contributed by atoms with Crippen molar-refractivity contribution in [2.24, 2.45) is 5.73 Å². The van der Waals surface area contributed by atoms with E-state index in [0.717, 1.165) is 44.4 Å². The minimum Gasteiger partial charge on any atom is -0.504 e. The summed E-state index contributed by atoms with van der Waals surface area (Å²) >= 11 is 1.53. The molecule has 0 unspecified atom stereocenters. The van der Waals surface area contributed by atoms with E-state index in [2.05, 4.69) is 45.2 Å². The van der Waals surface area contributed by atoms with Gasteiger partial charge in [-0.25, -0.2) is 4.79 Å². The highest BCUT2D eigenvalue weighted by atomic mass is 32.2. The number of nitrogens with zero attached hydrogens (tertiary/aromatic N) is 3. The van der Waals surface area contributed by atoms with Gasteiger partial charge in [-0.2, -0.15) is 5.26 Å². The van der Waals surface area contributed by atoms with Crippen LogP contribution in [0, 0.1) is 32.1 Å². The Morgan fingerprint density at radius 2 is 1.91 bits per heavy atom. The Morgan fingerprint density at radius 1 is 1.12 bits per heavy atom. The van der Waals surface area contributed by atoms with Crippen molar-refractivity contribution in [1.29, 1.82) is 5.26 Å². The van der Waals surface area contributed by atoms with Gasteiger partial charge in [-0.15, -0.1) is 11.8 Å². The van der Waals surface area contributed by atoms with Crippen LogP contribution >= 0.6 is 11.8 Å². The Labute approximate surface area is 339 Å². The Balaban J connectivity index is 1.26. The normalized spacial score (nSPS) is 29.6. The third-order valence-electron chi connectivity index (χ3n) is 13.4. The number of aromatic nitrogens is 1. The van der Waals surface area contributed by atoms with Gasteiger partial charge in [-0.1, -0.05) is 17.7 Å². The first-order valence-electron chi connectivity index (χ1n) is 19.7. The number of likely N-dealkylation sites (N-methyl/N-ethyl adjacent to an activating group) is 1. The summed E-state index contributed by atoms with van der Waals surface area (Å²) in [5, 5.41) is 27.5. The first-order chi connectivity index (χ1) is 27.9. The number of hydrogen-bond donors (Lipinski definition) is 4. The number of carbonyl (C=O) groups excluding carboxylic acids is 2. The van der Waals surface area contributed by atoms with Crippen molar-refractivity contribution in [3.05, 3.63) is 74.5 Å². The topological polar surface area (TPSA) is 185 Å². The average molecular weight is 807 g/mol. The number of hydrogen-bond acceptors (Lipinski definition) is 14. The molecular formula is C43H46N6O8S. The summed E-state index contributed by atoms with van der Waals surface area (Å²) in [7, 11) is 3.56. The van der Waals surface area contributed by atoms with Gasteiger partial charge >= 0.3 is 11.9 Å². The molecule has 5 N–H and O–H groups in total. The number of nitrogens with one attached hydrogen (secondary N) is 2. The van der Waals surface area contributed by atoms with E-state index in [9.17, 15) is 15.2 Å². The molecule has 302 valence electrons. The first-order valence-corrected chi connectivity index (χ1v) is 20.8. The fourth-order valence-corrected chi connectivity index (χ4v) is 12.7. The molecule has 15 heteroatoms. The maximum absolute atomic E-state index is 15.1. The highest BCUT2D eigenvalue weighted by Gasteiger charge is 2.62. The van der Waals surface area contributed by atoms with E-state index < -0.39 is 46.9 Å². The van der Waals surface area contributed by atoms with Crippen LogP contribution in [-0.4, -0.2) is 95.9 Å². The minimum absolute atomic E-state index is 0.0495. The van der Waals surface area contributed by atoms with Crippen molar-refractivity contribution >= 4 is 34.6 Å². The number of thioether (sulfide) groups is 1. The number of methoxy groups -OCH3 is 1. The number of aryl methyl sites for hydroxylation is 2. The number of aromatic hydroxyl groups is 1. The van der Waals surface area contributed by atoms with Crippen LogP contribution in [0.1, 0.15) is 74.5 Å². The van der Waals surface area contributed by atoms with Crippen LogP contribution in [0.3, 0.4) is 0 Å². The monoisotopic (exact) mass is 806 g/mol. The number of carbonyl (C=O) groups is 2. The summed E-state index contributed by atoms with van der Waals surface area (Å²) in [5.74, 6) is 0.962. The SMILES string of the molecule is COc1c(C)cc2c(c1O)[C@@H]1[C@@H]3[C@@H]4SC[C@]5(N[C@H](CN)Cc6c5[nH]c5ccc(C)cc65)C(=O)OC[C@@H](c5c6c(c(C)c(OC(C)=O)c54)OCO6)N3[C@@H](C#N)[C@H](C2)N1C. The second-order valence-corrected chi connectivity index (χ2v) is 17.7. The van der Waals surface area contributed by atoms with Gasteiger partial charge in [0.25, 0.3) is 0 Å². The molecule has 8 atom stereocenters. The van der Waals surface area contributed by atoms with Gasteiger partial charge in [-0.3, -0.25) is 19.9 Å². The second-order valence-electron chi connectivity index (χ2n) is 16.5. The number of aromatic amines is 1. The molecule has 1 spiro atoms. The lowest BCUT2D eigenvalue weighted by Crippen LogP contribution is -2.69. The molecule has 7 aliphatic rings. The van der Waals surface area contributed by atoms with Crippen LogP contribution in [0.25, 0.3) is 10.9 Å². The molecule has 11 rings (SSSR count). The summed E-state index contributed by atoms with van der Waals surface area (Å²) in [6.07, 6.45) is 1.12. The number of ether oxygens (including phenoxy) is 5. The van der Waals surface area contributed by atoms with E-state index in [1.807, 2.05) is 33.0 Å². The van der Waals surface area contributed by atoms with Crippen LogP contribution in [0.15, 0.2) is 24.3 Å². The molecule has 0 aliphatic carbocycles. The molecule has 14 nitrogen and oxygen atoms in total. The van der Waals surface area contributed by atoms with Crippen molar-refractivity contribution in [2.45, 2.75) is 87.6 Å². The van der Waals surface area contributed by atoms with Crippen LogP contribution in [0.2, 0.25) is 0 Å². The van der Waals surface area contributed by atoms with Gasteiger partial charge in [0.1, 0.15) is 18.4 Å². The Hall–Kier alpha value is -4.98. The predicted octanol–water partition coefficient (Wildman–Crippen LogP) is 4.39. The zero-order chi connectivity index (χ0) is 40.5. The first kappa shape index (κ1) is 37.3. The van der Waals surface area contributed by atoms with E-state index in [1.165, 1.54) is 18.7 Å². The van der Waals surface area contributed by atoms with Gasteiger partial charge in [-0.05, 0) is 69.5 Å². The molecule has 2 fully saturated rings. The molecule has 7 aliphatic heterocycles. The summed E-state index contributed by atoms with van der Waals surface area (Å²) in [6, 6.07) is 8.04. The van der Waals surface area contributed by atoms with Gasteiger partial charge in [0.15, 0.2) is 28.5 Å². The number of nitriles is 1. The van der Waals surface area contributed by atoms with Gasteiger partial charge in [0.05, 0.1) is 36.2 Å². The lowest BCUT2D eigenvalue weighted by atomic mass is 9.71. The fourth-order valence-electron chi connectivity index (χ4n) is 11.1. The zero-order valence-electron chi connectivity index (χ0n) is 33.2. The lowest BCUT2D eigenvalue weighted by Gasteiger charge is -2.62. The quantitative estimate of drug-likeness (QED) is 0.169. The van der Waals surface area contributed by atoms with Crippen LogP contribution in [0.4, 0.5) is 0 Å². The zero-order valence-corrected chi connectivity index (χ0v) is 34.0. The van der Waals surface area contributed by atoms with Gasteiger partial charge < -0.3 is 39.5 Å². The number of phenolic OH excluding ortho intramolecular Hbond substituents is 1. The molecule has 4 aromatic rings. The largest absolute Gasteiger partial charge is 0.504 e. The number of H-pyrrole nitrogens is 1. The molecule has 0 radical (unpaired) electrons. The standard InChI is InChI=1S/C43H46N6O8S/c1-18-7-8-26-24(9-18)25-12-23(13-44)47-43(41(25)46-26)16-58-40-32-31(39-38(55-17-56-39)20(3)37(32)57-21(4)50)29(15-54-42(43)52)49-28(14-45)27-11-22-10-19(2)36(53-6)35(51)30(22)33(34(40)49)48(27)5/h7-10,23,27-29,33-34,40,46-47,51H,11-13,15-17,44H2,1-6H3/t23-,27-,28-,29-,33+,34+,40+,43+/m0/s1. The van der Waals surface area contributed by atoms with Crippen molar-refractivity contribution < 1.29 is 38.4 Å². The van der Waals surface area contributed by atoms with Crippen LogP contribution in [0.5, 0.6) is 28.7 Å². The minimum atomic E-state index is -1.35. The Morgan fingerprint density at radius 3 is 2.66 bits per heavy atom.